The van der Waals surface area contributed by atoms with Crippen molar-refractivity contribution in [2.75, 3.05) is 13.2 Å². The molecular weight excluding hydrogens is 562 g/mol. The Labute approximate surface area is 266 Å². The van der Waals surface area contributed by atoms with Gasteiger partial charge in [0.25, 0.3) is 0 Å². The molecule has 1 saturated heterocycles. The summed E-state index contributed by atoms with van der Waals surface area (Å²) >= 11 is 0. The summed E-state index contributed by atoms with van der Waals surface area (Å²) in [6, 6.07) is -0.830. The molecule has 1 aliphatic heterocycles. The van der Waals surface area contributed by atoms with Gasteiger partial charge in [0.15, 0.2) is 6.29 Å². The highest BCUT2D eigenvalue weighted by molar-refractivity contribution is 5.76. The SMILES string of the molecule is CCCCCC/C=C\CCCC(=O)NC(COC1OC(CO)C(O)C(O)C1O)C(O)/C=C/CC/C=C/CCCCCCCC. The number of aliphatic hydroxyl groups is 5. The molecule has 256 valence electrons. The third-order valence-electron chi connectivity index (χ3n) is 7.94. The summed E-state index contributed by atoms with van der Waals surface area (Å²) < 4.78 is 11.1. The van der Waals surface area contributed by atoms with Crippen LogP contribution in [0.25, 0.3) is 0 Å². The van der Waals surface area contributed by atoms with Crippen LogP contribution in [0.1, 0.15) is 123 Å². The van der Waals surface area contributed by atoms with Crippen molar-refractivity contribution in [1.29, 1.82) is 0 Å². The number of carbonyl (C=O) groups is 1. The van der Waals surface area contributed by atoms with Crippen LogP contribution in [0.3, 0.4) is 0 Å². The van der Waals surface area contributed by atoms with Crippen LogP contribution in [0.15, 0.2) is 36.5 Å². The molecule has 44 heavy (non-hydrogen) atoms. The summed E-state index contributed by atoms with van der Waals surface area (Å²) in [7, 11) is 0. The number of carbonyl (C=O) groups excluding carboxylic acids is 1. The molecule has 0 radical (unpaired) electrons. The van der Waals surface area contributed by atoms with E-state index in [0.29, 0.717) is 6.42 Å². The van der Waals surface area contributed by atoms with Crippen molar-refractivity contribution < 1.29 is 39.8 Å². The third kappa shape index (κ3) is 18.4. The molecule has 1 rings (SSSR count). The van der Waals surface area contributed by atoms with Crippen LogP contribution in [0.5, 0.6) is 0 Å². The molecule has 7 unspecified atom stereocenters. The molecule has 1 aliphatic rings. The van der Waals surface area contributed by atoms with Gasteiger partial charge < -0.3 is 40.3 Å². The predicted octanol–water partition coefficient (Wildman–Crippen LogP) is 4.99. The fourth-order valence-corrected chi connectivity index (χ4v) is 5.05. The molecular formula is C35H63NO8. The summed E-state index contributed by atoms with van der Waals surface area (Å²) in [5, 5.41) is 53.6. The van der Waals surface area contributed by atoms with E-state index in [2.05, 4.69) is 43.5 Å². The summed E-state index contributed by atoms with van der Waals surface area (Å²) in [5.41, 5.74) is 0. The standard InChI is InChI=1S/C35H63NO8/c1-3-5-7-9-11-13-14-15-17-18-20-22-24-29(38)28(27-43-35-34(42)33(41)32(40)30(26-37)44-35)36-31(39)25-23-21-19-16-12-10-8-6-4-2/h15-17,19,22,24,28-30,32-35,37-38,40-42H,3-14,18,20-21,23,25-27H2,1-2H3,(H,36,39)/b17-15+,19-16-,24-22+. The van der Waals surface area contributed by atoms with Gasteiger partial charge in [-0.1, -0.05) is 102 Å². The van der Waals surface area contributed by atoms with E-state index in [0.717, 1.165) is 32.1 Å². The second-order valence-corrected chi connectivity index (χ2v) is 11.9. The monoisotopic (exact) mass is 625 g/mol. The zero-order valence-corrected chi connectivity index (χ0v) is 27.4. The molecule has 0 aromatic rings. The highest BCUT2D eigenvalue weighted by atomic mass is 16.7. The van der Waals surface area contributed by atoms with E-state index in [9.17, 15) is 30.3 Å². The number of unbranched alkanes of at least 4 members (excludes halogenated alkanes) is 12. The Morgan fingerprint density at radius 1 is 0.750 bits per heavy atom. The van der Waals surface area contributed by atoms with Crippen LogP contribution < -0.4 is 5.32 Å². The zero-order chi connectivity index (χ0) is 32.4. The average molecular weight is 626 g/mol. The van der Waals surface area contributed by atoms with Crippen LogP contribution in [0.4, 0.5) is 0 Å². The summed E-state index contributed by atoms with van der Waals surface area (Å²) in [6.45, 7) is 3.63. The topological polar surface area (TPSA) is 149 Å². The Balaban J connectivity index is 2.58. The fraction of sp³-hybridized carbons (Fsp3) is 0.800. The highest BCUT2D eigenvalue weighted by Gasteiger charge is 2.44. The summed E-state index contributed by atoms with van der Waals surface area (Å²) in [5.74, 6) is -0.228. The van der Waals surface area contributed by atoms with Crippen LogP contribution in [-0.4, -0.2) is 87.5 Å². The van der Waals surface area contributed by atoms with Crippen LogP contribution in [0.2, 0.25) is 0 Å². The van der Waals surface area contributed by atoms with Gasteiger partial charge in [-0.25, -0.2) is 0 Å². The van der Waals surface area contributed by atoms with E-state index >= 15 is 0 Å². The molecule has 6 N–H and O–H groups in total. The number of allylic oxidation sites excluding steroid dienone is 5. The van der Waals surface area contributed by atoms with Gasteiger partial charge in [0.05, 0.1) is 25.4 Å². The molecule has 0 bridgehead atoms. The van der Waals surface area contributed by atoms with E-state index in [1.807, 2.05) is 6.08 Å². The number of rotatable bonds is 26. The molecule has 0 aromatic carbocycles. The number of hydrogen-bond donors (Lipinski definition) is 6. The quantitative estimate of drug-likeness (QED) is 0.0582. The van der Waals surface area contributed by atoms with Gasteiger partial charge in [-0.3, -0.25) is 4.79 Å². The Morgan fingerprint density at radius 3 is 1.93 bits per heavy atom. The Bertz CT molecular complexity index is 787. The van der Waals surface area contributed by atoms with Gasteiger partial charge in [-0.15, -0.1) is 0 Å². The molecule has 9 nitrogen and oxygen atoms in total. The molecule has 1 amide bonds. The first-order valence-corrected chi connectivity index (χ1v) is 17.2. The summed E-state index contributed by atoms with van der Waals surface area (Å²) in [6.07, 6.45) is 22.1. The minimum atomic E-state index is -1.57. The van der Waals surface area contributed by atoms with Crippen LogP contribution in [0, 0.1) is 0 Å². The number of ether oxygens (including phenoxy) is 2. The second kappa shape index (κ2) is 26.6. The Hall–Kier alpha value is -1.59. The van der Waals surface area contributed by atoms with Crippen LogP contribution >= 0.6 is 0 Å². The number of amides is 1. The first kappa shape index (κ1) is 40.4. The van der Waals surface area contributed by atoms with Crippen molar-refractivity contribution >= 4 is 5.91 Å². The van der Waals surface area contributed by atoms with E-state index < -0.39 is 49.5 Å². The molecule has 0 aromatic heterocycles. The molecule has 0 aliphatic carbocycles. The minimum Gasteiger partial charge on any atom is -0.394 e. The zero-order valence-electron chi connectivity index (χ0n) is 27.4. The Morgan fingerprint density at radius 2 is 1.30 bits per heavy atom. The lowest BCUT2D eigenvalue weighted by Gasteiger charge is -2.40. The first-order valence-electron chi connectivity index (χ1n) is 17.2. The van der Waals surface area contributed by atoms with Crippen molar-refractivity contribution in [2.24, 2.45) is 0 Å². The number of nitrogens with one attached hydrogen (secondary N) is 1. The molecule has 1 heterocycles. The van der Waals surface area contributed by atoms with Gasteiger partial charge in [0.2, 0.25) is 5.91 Å². The lowest BCUT2D eigenvalue weighted by atomic mass is 9.99. The lowest BCUT2D eigenvalue weighted by molar-refractivity contribution is -0.302. The fourth-order valence-electron chi connectivity index (χ4n) is 5.05. The first-order chi connectivity index (χ1) is 21.3. The van der Waals surface area contributed by atoms with Crippen molar-refractivity contribution in [3.63, 3.8) is 0 Å². The van der Waals surface area contributed by atoms with Crippen molar-refractivity contribution in [3.05, 3.63) is 36.5 Å². The molecule has 9 heteroatoms. The van der Waals surface area contributed by atoms with E-state index in [1.165, 1.54) is 64.2 Å². The smallest absolute Gasteiger partial charge is 0.220 e. The van der Waals surface area contributed by atoms with Gasteiger partial charge in [0.1, 0.15) is 24.4 Å². The molecule has 0 saturated carbocycles. The van der Waals surface area contributed by atoms with Gasteiger partial charge in [-0.2, -0.15) is 0 Å². The molecule has 7 atom stereocenters. The highest BCUT2D eigenvalue weighted by Crippen LogP contribution is 2.22. The average Bonchev–Trinajstić information content (AvgIpc) is 3.02. The maximum Gasteiger partial charge on any atom is 0.220 e. The van der Waals surface area contributed by atoms with Gasteiger partial charge in [-0.05, 0) is 51.4 Å². The maximum absolute atomic E-state index is 12.7. The van der Waals surface area contributed by atoms with E-state index in [-0.39, 0.29) is 18.9 Å². The normalized spacial score (nSPS) is 24.0. The van der Waals surface area contributed by atoms with E-state index in [4.69, 9.17) is 9.47 Å². The number of hydrogen-bond acceptors (Lipinski definition) is 8. The van der Waals surface area contributed by atoms with Gasteiger partial charge in [0, 0.05) is 6.42 Å². The van der Waals surface area contributed by atoms with Crippen molar-refractivity contribution in [2.45, 2.75) is 166 Å². The van der Waals surface area contributed by atoms with Crippen molar-refractivity contribution in [3.8, 4) is 0 Å². The molecule has 0 spiro atoms. The minimum absolute atomic E-state index is 0.213. The number of aliphatic hydroxyl groups excluding tert-OH is 5. The van der Waals surface area contributed by atoms with Crippen molar-refractivity contribution in [1.82, 2.24) is 5.32 Å². The second-order valence-electron chi connectivity index (χ2n) is 11.9. The van der Waals surface area contributed by atoms with E-state index in [1.54, 1.807) is 6.08 Å². The third-order valence-corrected chi connectivity index (χ3v) is 7.94. The maximum atomic E-state index is 12.7. The predicted molar refractivity (Wildman–Crippen MR) is 175 cm³/mol. The summed E-state index contributed by atoms with van der Waals surface area (Å²) in [4.78, 5) is 12.7. The lowest BCUT2D eigenvalue weighted by Crippen LogP contribution is -2.60. The van der Waals surface area contributed by atoms with Crippen LogP contribution in [-0.2, 0) is 14.3 Å². The van der Waals surface area contributed by atoms with Gasteiger partial charge >= 0.3 is 0 Å². The largest absolute Gasteiger partial charge is 0.394 e. The molecule has 1 fully saturated rings. The Kier molecular flexibility index (Phi) is 24.5.